The van der Waals surface area contributed by atoms with Gasteiger partial charge in [0.15, 0.2) is 0 Å². The van der Waals surface area contributed by atoms with E-state index in [0.29, 0.717) is 6.04 Å². The van der Waals surface area contributed by atoms with E-state index in [-0.39, 0.29) is 11.8 Å². The van der Waals surface area contributed by atoms with Crippen LogP contribution in [0, 0.1) is 12.8 Å². The van der Waals surface area contributed by atoms with Crippen LogP contribution in [0.3, 0.4) is 0 Å². The van der Waals surface area contributed by atoms with Crippen LogP contribution in [0.25, 0.3) is 0 Å². The molecule has 0 aromatic carbocycles. The zero-order chi connectivity index (χ0) is 16.9. The van der Waals surface area contributed by atoms with E-state index in [4.69, 9.17) is 10.5 Å². The number of hydrogen-bond acceptors (Lipinski definition) is 5. The molecule has 3 heterocycles. The van der Waals surface area contributed by atoms with Crippen molar-refractivity contribution in [2.24, 2.45) is 11.7 Å². The summed E-state index contributed by atoms with van der Waals surface area (Å²) in [6, 6.07) is 4.66. The molecule has 0 unspecified atom stereocenters. The maximum absolute atomic E-state index is 11.9. The van der Waals surface area contributed by atoms with E-state index < -0.39 is 0 Å². The lowest BCUT2D eigenvalue weighted by Crippen LogP contribution is -2.44. The molecule has 0 bridgehead atoms. The number of nitrogens with zero attached hydrogens (tertiary/aromatic N) is 3. The predicted molar refractivity (Wildman–Crippen MR) is 92.3 cm³/mol. The second kappa shape index (κ2) is 8.05. The Morgan fingerprint density at radius 1 is 1.29 bits per heavy atom. The summed E-state index contributed by atoms with van der Waals surface area (Å²) >= 11 is 0. The molecule has 0 saturated carbocycles. The minimum Gasteiger partial charge on any atom is -0.381 e. The highest BCUT2D eigenvalue weighted by atomic mass is 16.5. The Labute approximate surface area is 144 Å². The van der Waals surface area contributed by atoms with E-state index >= 15 is 0 Å². The number of nitrogens with two attached hydrogens (primary N) is 1. The molecule has 24 heavy (non-hydrogen) atoms. The molecule has 0 spiro atoms. The van der Waals surface area contributed by atoms with Gasteiger partial charge < -0.3 is 10.5 Å². The fourth-order valence-corrected chi connectivity index (χ4v) is 3.66. The highest BCUT2D eigenvalue weighted by Gasteiger charge is 2.30. The summed E-state index contributed by atoms with van der Waals surface area (Å²) in [4.78, 5) is 21.1. The molecule has 132 valence electrons. The number of aryl methyl sites for hydroxylation is 1. The molecule has 1 amide bonds. The van der Waals surface area contributed by atoms with Gasteiger partial charge in [0.25, 0.3) is 0 Å². The maximum Gasteiger partial charge on any atom is 0.223 e. The van der Waals surface area contributed by atoms with Crippen LogP contribution in [0.1, 0.15) is 24.1 Å². The van der Waals surface area contributed by atoms with E-state index in [9.17, 15) is 4.79 Å². The van der Waals surface area contributed by atoms with Crippen LogP contribution in [0.4, 0.5) is 0 Å². The Hall–Kier alpha value is -1.50. The van der Waals surface area contributed by atoms with Crippen molar-refractivity contribution in [2.75, 3.05) is 39.4 Å². The van der Waals surface area contributed by atoms with Crippen LogP contribution in [0.5, 0.6) is 0 Å². The second-order valence-corrected chi connectivity index (χ2v) is 6.98. The number of pyridine rings is 1. The maximum atomic E-state index is 11.9. The molecule has 0 radical (unpaired) electrons. The molecule has 0 aliphatic carbocycles. The minimum absolute atomic E-state index is 0.117. The summed E-state index contributed by atoms with van der Waals surface area (Å²) in [7, 11) is 0. The van der Waals surface area contributed by atoms with E-state index in [2.05, 4.69) is 20.9 Å². The van der Waals surface area contributed by atoms with Crippen LogP contribution in [0.15, 0.2) is 18.3 Å². The molecule has 2 aliphatic heterocycles. The summed E-state index contributed by atoms with van der Waals surface area (Å²) in [5, 5.41) is 0. The van der Waals surface area contributed by atoms with Crippen molar-refractivity contribution >= 4 is 5.91 Å². The topological polar surface area (TPSA) is 71.7 Å². The third-order valence-corrected chi connectivity index (χ3v) is 5.13. The van der Waals surface area contributed by atoms with Gasteiger partial charge in [-0.3, -0.25) is 19.6 Å². The minimum atomic E-state index is -0.194. The fraction of sp³-hybridized carbons (Fsp3) is 0.667. The number of primary amides is 1. The second-order valence-electron chi connectivity index (χ2n) is 6.98. The van der Waals surface area contributed by atoms with Gasteiger partial charge in [-0.25, -0.2) is 0 Å². The molecule has 1 atom stereocenters. The average Bonchev–Trinajstić information content (AvgIpc) is 2.81. The lowest BCUT2D eigenvalue weighted by atomic mass is 10.0. The first-order valence-corrected chi connectivity index (χ1v) is 8.87. The average molecular weight is 332 g/mol. The monoisotopic (exact) mass is 332 g/mol. The standard InChI is InChI=1S/C18H28N4O2/c1-14-2-3-15(10-20-14)11-21-6-7-22(13-16(12-21)18(19)23)17-4-8-24-9-5-17/h2-3,10,16-17H,4-9,11-13H2,1H3,(H2,19,23)/t16-/m1/s1. The molecule has 2 N–H and O–H groups in total. The third-order valence-electron chi connectivity index (χ3n) is 5.13. The predicted octanol–water partition coefficient (Wildman–Crippen LogP) is 0.788. The van der Waals surface area contributed by atoms with Crippen molar-refractivity contribution in [2.45, 2.75) is 32.4 Å². The number of amides is 1. The fourth-order valence-electron chi connectivity index (χ4n) is 3.66. The molecule has 1 aromatic heterocycles. The van der Waals surface area contributed by atoms with E-state index in [0.717, 1.165) is 64.5 Å². The Morgan fingerprint density at radius 2 is 2.08 bits per heavy atom. The summed E-state index contributed by atoms with van der Waals surface area (Å²) in [6.45, 7) is 7.87. The summed E-state index contributed by atoms with van der Waals surface area (Å²) in [5.74, 6) is -0.310. The highest BCUT2D eigenvalue weighted by Crippen LogP contribution is 2.20. The lowest BCUT2D eigenvalue weighted by Gasteiger charge is -2.34. The van der Waals surface area contributed by atoms with Crippen LogP contribution in [-0.4, -0.2) is 66.1 Å². The molecule has 2 fully saturated rings. The van der Waals surface area contributed by atoms with Crippen molar-refractivity contribution in [1.82, 2.24) is 14.8 Å². The molecule has 6 heteroatoms. The summed E-state index contributed by atoms with van der Waals surface area (Å²) < 4.78 is 5.47. The molecule has 1 aromatic rings. The highest BCUT2D eigenvalue weighted by molar-refractivity contribution is 5.77. The van der Waals surface area contributed by atoms with Crippen molar-refractivity contribution in [3.05, 3.63) is 29.6 Å². The largest absolute Gasteiger partial charge is 0.381 e. The van der Waals surface area contributed by atoms with E-state index in [1.165, 1.54) is 5.56 Å². The van der Waals surface area contributed by atoms with Gasteiger partial charge in [0, 0.05) is 63.9 Å². The van der Waals surface area contributed by atoms with Crippen molar-refractivity contribution < 1.29 is 9.53 Å². The van der Waals surface area contributed by atoms with Crippen molar-refractivity contribution in [3.63, 3.8) is 0 Å². The van der Waals surface area contributed by atoms with Gasteiger partial charge in [-0.05, 0) is 31.4 Å². The van der Waals surface area contributed by atoms with E-state index in [1.807, 2.05) is 19.2 Å². The number of aromatic nitrogens is 1. The summed E-state index contributed by atoms with van der Waals surface area (Å²) in [5.41, 5.74) is 7.88. The molecular formula is C18H28N4O2. The molecular weight excluding hydrogens is 304 g/mol. The van der Waals surface area contributed by atoms with Crippen LogP contribution in [0.2, 0.25) is 0 Å². The van der Waals surface area contributed by atoms with E-state index in [1.54, 1.807) is 0 Å². The first-order chi connectivity index (χ1) is 11.6. The number of ether oxygens (including phenoxy) is 1. The zero-order valence-electron chi connectivity index (χ0n) is 14.5. The van der Waals surface area contributed by atoms with Crippen LogP contribution in [-0.2, 0) is 16.1 Å². The third kappa shape index (κ3) is 4.53. The quantitative estimate of drug-likeness (QED) is 0.882. The van der Waals surface area contributed by atoms with Gasteiger partial charge in [0.1, 0.15) is 0 Å². The molecule has 3 rings (SSSR count). The van der Waals surface area contributed by atoms with Gasteiger partial charge in [0.05, 0.1) is 5.92 Å². The summed E-state index contributed by atoms with van der Waals surface area (Å²) in [6.07, 6.45) is 4.02. The normalized spacial score (nSPS) is 24.6. The van der Waals surface area contributed by atoms with Crippen molar-refractivity contribution in [1.29, 1.82) is 0 Å². The van der Waals surface area contributed by atoms with Gasteiger partial charge in [-0.15, -0.1) is 0 Å². The zero-order valence-corrected chi connectivity index (χ0v) is 14.5. The smallest absolute Gasteiger partial charge is 0.223 e. The van der Waals surface area contributed by atoms with Crippen LogP contribution >= 0.6 is 0 Å². The molecule has 2 aliphatic rings. The molecule has 2 saturated heterocycles. The van der Waals surface area contributed by atoms with Crippen molar-refractivity contribution in [3.8, 4) is 0 Å². The first-order valence-electron chi connectivity index (χ1n) is 8.87. The Morgan fingerprint density at radius 3 is 2.75 bits per heavy atom. The Balaban J connectivity index is 1.66. The number of carbonyl (C=O) groups is 1. The number of hydrogen-bond donors (Lipinski definition) is 1. The lowest BCUT2D eigenvalue weighted by molar-refractivity contribution is -0.122. The van der Waals surface area contributed by atoms with Gasteiger partial charge in [-0.1, -0.05) is 6.07 Å². The van der Waals surface area contributed by atoms with Gasteiger partial charge in [-0.2, -0.15) is 0 Å². The molecule has 6 nitrogen and oxygen atoms in total. The van der Waals surface area contributed by atoms with Crippen LogP contribution < -0.4 is 5.73 Å². The first kappa shape index (κ1) is 17.3. The number of rotatable bonds is 4. The Bertz CT molecular complexity index is 542. The van der Waals surface area contributed by atoms with Gasteiger partial charge in [0.2, 0.25) is 5.91 Å². The number of carbonyl (C=O) groups excluding carboxylic acids is 1. The van der Waals surface area contributed by atoms with Gasteiger partial charge >= 0.3 is 0 Å². The SMILES string of the molecule is Cc1ccc(CN2CCN(C3CCOCC3)C[C@H](C(N)=O)C2)cn1. The Kier molecular flexibility index (Phi) is 5.81.